The predicted octanol–water partition coefficient (Wildman–Crippen LogP) is 2.65. The van der Waals surface area contributed by atoms with Crippen LogP contribution in [0.3, 0.4) is 0 Å². The van der Waals surface area contributed by atoms with E-state index in [1.54, 1.807) is 0 Å². The second-order valence-corrected chi connectivity index (χ2v) is 6.21. The Kier molecular flexibility index (Phi) is 3.93. The minimum Gasteiger partial charge on any atom is -0.352 e. The highest BCUT2D eigenvalue weighted by Crippen LogP contribution is 2.40. The summed E-state index contributed by atoms with van der Waals surface area (Å²) in [6.45, 7) is 0.105. The zero-order chi connectivity index (χ0) is 14.9. The number of carbonyl (C=O) groups is 1. The molecule has 0 spiro atoms. The smallest absolute Gasteiger partial charge is 0.220 e. The highest BCUT2D eigenvalue weighted by molar-refractivity contribution is 5.76. The van der Waals surface area contributed by atoms with Crippen LogP contribution in [0.5, 0.6) is 0 Å². The van der Waals surface area contributed by atoms with Gasteiger partial charge >= 0.3 is 0 Å². The van der Waals surface area contributed by atoms with Crippen LogP contribution >= 0.6 is 0 Å². The Labute approximate surface area is 123 Å². The van der Waals surface area contributed by atoms with Crippen molar-refractivity contribution in [3.05, 3.63) is 35.4 Å². The molecule has 0 unspecified atom stereocenters. The first-order valence-corrected chi connectivity index (χ1v) is 7.55. The summed E-state index contributed by atoms with van der Waals surface area (Å²) in [4.78, 5) is 11.9. The number of rotatable bonds is 5. The maximum Gasteiger partial charge on any atom is 0.220 e. The average molecular weight is 294 g/mol. The first-order chi connectivity index (χ1) is 10.1. The van der Waals surface area contributed by atoms with Gasteiger partial charge in [-0.2, -0.15) is 0 Å². The SMILES string of the molecule is O=C(CCC12CCC(CC1)N2)NCc1ccc(F)cc1F. The fourth-order valence-corrected chi connectivity index (χ4v) is 3.51. The van der Waals surface area contributed by atoms with E-state index in [4.69, 9.17) is 0 Å². The van der Waals surface area contributed by atoms with Crippen LogP contribution in [-0.4, -0.2) is 17.5 Å². The molecule has 2 N–H and O–H groups in total. The van der Waals surface area contributed by atoms with Crippen LogP contribution in [0.4, 0.5) is 8.78 Å². The van der Waals surface area contributed by atoms with Gasteiger partial charge in [0.15, 0.2) is 0 Å². The van der Waals surface area contributed by atoms with Crippen molar-refractivity contribution in [3.63, 3.8) is 0 Å². The van der Waals surface area contributed by atoms with E-state index in [0.29, 0.717) is 18.0 Å². The molecule has 0 atom stereocenters. The lowest BCUT2D eigenvalue weighted by molar-refractivity contribution is -0.121. The molecule has 0 aliphatic carbocycles. The number of hydrogen-bond donors (Lipinski definition) is 2. The number of carbonyl (C=O) groups excluding carboxylic acids is 1. The summed E-state index contributed by atoms with van der Waals surface area (Å²) in [5.41, 5.74) is 0.464. The van der Waals surface area contributed by atoms with E-state index in [2.05, 4.69) is 10.6 Å². The van der Waals surface area contributed by atoms with Crippen LogP contribution in [-0.2, 0) is 11.3 Å². The summed E-state index contributed by atoms with van der Waals surface area (Å²) < 4.78 is 26.2. The van der Waals surface area contributed by atoms with Crippen molar-refractivity contribution in [1.29, 1.82) is 0 Å². The van der Waals surface area contributed by atoms with E-state index in [-0.39, 0.29) is 18.0 Å². The first-order valence-electron chi connectivity index (χ1n) is 7.55. The van der Waals surface area contributed by atoms with Crippen molar-refractivity contribution in [2.75, 3.05) is 0 Å². The Morgan fingerprint density at radius 1 is 1.33 bits per heavy atom. The summed E-state index contributed by atoms with van der Waals surface area (Å²) in [5.74, 6) is -1.31. The van der Waals surface area contributed by atoms with Gasteiger partial charge in [0.05, 0.1) is 0 Å². The molecule has 5 heteroatoms. The van der Waals surface area contributed by atoms with Crippen molar-refractivity contribution in [1.82, 2.24) is 10.6 Å². The summed E-state index contributed by atoms with van der Waals surface area (Å²) in [7, 11) is 0. The van der Waals surface area contributed by atoms with Gasteiger partial charge in [-0.15, -0.1) is 0 Å². The second-order valence-electron chi connectivity index (χ2n) is 6.21. The first kappa shape index (κ1) is 14.4. The summed E-state index contributed by atoms with van der Waals surface area (Å²) in [6, 6.07) is 4.04. The third-order valence-corrected chi connectivity index (χ3v) is 4.77. The Morgan fingerprint density at radius 3 is 2.71 bits per heavy atom. The number of nitrogens with one attached hydrogen (secondary N) is 2. The molecule has 114 valence electrons. The zero-order valence-corrected chi connectivity index (χ0v) is 11.9. The standard InChI is InChI=1S/C16H20F2N2O/c17-12-2-1-11(14(18)9-12)10-19-15(21)5-8-16-6-3-13(20-16)4-7-16/h1-2,9,13,20H,3-8,10H2,(H,19,21). The molecule has 1 aromatic rings. The minimum absolute atomic E-state index is 0.0785. The molecule has 2 aliphatic heterocycles. The van der Waals surface area contributed by atoms with Crippen molar-refractivity contribution in [3.8, 4) is 0 Å². The highest BCUT2D eigenvalue weighted by atomic mass is 19.1. The molecule has 2 heterocycles. The van der Waals surface area contributed by atoms with Crippen LogP contribution in [0.1, 0.15) is 44.1 Å². The van der Waals surface area contributed by atoms with Crippen LogP contribution in [0, 0.1) is 11.6 Å². The maximum atomic E-state index is 13.5. The fourth-order valence-electron chi connectivity index (χ4n) is 3.51. The molecule has 0 aromatic heterocycles. The quantitative estimate of drug-likeness (QED) is 0.876. The zero-order valence-electron chi connectivity index (χ0n) is 11.9. The Morgan fingerprint density at radius 2 is 2.10 bits per heavy atom. The third kappa shape index (κ3) is 3.23. The number of benzene rings is 1. The maximum absolute atomic E-state index is 13.5. The van der Waals surface area contributed by atoms with Crippen molar-refractivity contribution >= 4 is 5.91 Å². The normalized spacial score (nSPS) is 27.0. The van der Waals surface area contributed by atoms with E-state index in [9.17, 15) is 13.6 Å². The van der Waals surface area contributed by atoms with Gasteiger partial charge in [-0.05, 0) is 38.2 Å². The Hall–Kier alpha value is -1.49. The second kappa shape index (κ2) is 5.72. The molecule has 1 amide bonds. The molecule has 2 saturated heterocycles. The molecule has 3 nitrogen and oxygen atoms in total. The monoisotopic (exact) mass is 294 g/mol. The average Bonchev–Trinajstić information content (AvgIpc) is 3.05. The van der Waals surface area contributed by atoms with Gasteiger partial charge in [-0.3, -0.25) is 4.79 Å². The number of amides is 1. The highest BCUT2D eigenvalue weighted by Gasteiger charge is 2.43. The molecule has 2 aliphatic rings. The molecule has 0 radical (unpaired) electrons. The number of fused-ring (bicyclic) bond motifs is 2. The molecule has 1 aromatic carbocycles. The molecular formula is C16H20F2N2O. The van der Waals surface area contributed by atoms with Gasteiger partial charge in [0, 0.05) is 36.2 Å². The lowest BCUT2D eigenvalue weighted by Gasteiger charge is -2.25. The van der Waals surface area contributed by atoms with E-state index in [1.807, 2.05) is 0 Å². The Balaban J connectivity index is 1.46. The predicted molar refractivity (Wildman–Crippen MR) is 75.6 cm³/mol. The van der Waals surface area contributed by atoms with E-state index in [1.165, 1.54) is 25.0 Å². The van der Waals surface area contributed by atoms with Crippen molar-refractivity contribution < 1.29 is 13.6 Å². The van der Waals surface area contributed by atoms with Crippen molar-refractivity contribution in [2.24, 2.45) is 0 Å². The van der Waals surface area contributed by atoms with E-state index in [0.717, 1.165) is 25.3 Å². The Bertz CT molecular complexity index is 539. The summed E-state index contributed by atoms with van der Waals surface area (Å²) >= 11 is 0. The largest absolute Gasteiger partial charge is 0.352 e. The van der Waals surface area contributed by atoms with Crippen molar-refractivity contribution in [2.45, 2.75) is 56.7 Å². The molecule has 21 heavy (non-hydrogen) atoms. The molecule has 2 fully saturated rings. The molecule has 3 rings (SSSR count). The van der Waals surface area contributed by atoms with E-state index >= 15 is 0 Å². The molecule has 0 saturated carbocycles. The third-order valence-electron chi connectivity index (χ3n) is 4.77. The fraction of sp³-hybridized carbons (Fsp3) is 0.562. The topological polar surface area (TPSA) is 41.1 Å². The summed E-state index contributed by atoms with van der Waals surface area (Å²) in [6.07, 6.45) is 6.00. The van der Waals surface area contributed by atoms with Crippen LogP contribution in [0.2, 0.25) is 0 Å². The van der Waals surface area contributed by atoms with Gasteiger partial charge in [-0.1, -0.05) is 6.07 Å². The van der Waals surface area contributed by atoms with Gasteiger partial charge in [0.25, 0.3) is 0 Å². The lowest BCUT2D eigenvalue weighted by Crippen LogP contribution is -2.37. The minimum atomic E-state index is -0.620. The van der Waals surface area contributed by atoms with E-state index < -0.39 is 11.6 Å². The van der Waals surface area contributed by atoms with Crippen LogP contribution < -0.4 is 10.6 Å². The molecule has 2 bridgehead atoms. The summed E-state index contributed by atoms with van der Waals surface area (Å²) in [5, 5.41) is 6.31. The van der Waals surface area contributed by atoms with Crippen LogP contribution in [0.25, 0.3) is 0 Å². The van der Waals surface area contributed by atoms with Gasteiger partial charge < -0.3 is 10.6 Å². The van der Waals surface area contributed by atoms with Gasteiger partial charge in [-0.25, -0.2) is 8.78 Å². The lowest BCUT2D eigenvalue weighted by atomic mass is 9.84. The van der Waals surface area contributed by atoms with Gasteiger partial charge in [0.2, 0.25) is 5.91 Å². The van der Waals surface area contributed by atoms with Crippen LogP contribution in [0.15, 0.2) is 18.2 Å². The molecular weight excluding hydrogens is 274 g/mol. The van der Waals surface area contributed by atoms with Gasteiger partial charge in [0.1, 0.15) is 11.6 Å². The number of halogens is 2. The number of hydrogen-bond acceptors (Lipinski definition) is 2.